The lowest BCUT2D eigenvalue weighted by atomic mass is 10.1. The third-order valence-corrected chi connectivity index (χ3v) is 3.65. The van der Waals surface area contributed by atoms with E-state index in [2.05, 4.69) is 43.1 Å². The van der Waals surface area contributed by atoms with E-state index in [9.17, 15) is 0 Å². The molecule has 0 amide bonds. The average Bonchev–Trinajstić information content (AvgIpc) is 2.50. The fourth-order valence-corrected chi connectivity index (χ4v) is 2.39. The van der Waals surface area contributed by atoms with Gasteiger partial charge in [0.25, 0.3) is 0 Å². The Hall–Kier alpha value is -1.57. The van der Waals surface area contributed by atoms with Crippen LogP contribution in [0.5, 0.6) is 0 Å². The minimum Gasteiger partial charge on any atom is -0.313 e. The first-order valence-electron chi connectivity index (χ1n) is 7.23. The maximum atomic E-state index is 5.74. The van der Waals surface area contributed by atoms with Crippen molar-refractivity contribution in [2.45, 2.75) is 33.7 Å². The van der Waals surface area contributed by atoms with Crippen molar-refractivity contribution in [1.29, 1.82) is 0 Å². The van der Waals surface area contributed by atoms with Crippen LogP contribution in [0.3, 0.4) is 0 Å². The number of halogens is 1. The minimum atomic E-state index is 0. The van der Waals surface area contributed by atoms with Crippen LogP contribution in [-0.2, 0) is 0 Å². The summed E-state index contributed by atoms with van der Waals surface area (Å²) >= 11 is 5.74. The topological polar surface area (TPSA) is 12.0 Å². The smallest absolute Gasteiger partial charge is 0.0409 e. The highest BCUT2D eigenvalue weighted by Gasteiger charge is 2.03. The van der Waals surface area contributed by atoms with Gasteiger partial charge in [-0.3, -0.25) is 0 Å². The van der Waals surface area contributed by atoms with E-state index in [1.807, 2.05) is 44.3 Å². The van der Waals surface area contributed by atoms with Crippen molar-refractivity contribution >= 4 is 17.7 Å². The molecule has 0 fully saturated rings. The molecule has 0 aromatic heterocycles. The van der Waals surface area contributed by atoms with E-state index in [0.717, 1.165) is 17.0 Å². The highest BCUT2D eigenvalue weighted by atomic mass is 35.5. The summed E-state index contributed by atoms with van der Waals surface area (Å²) in [7, 11) is 2.00. The van der Waals surface area contributed by atoms with E-state index < -0.39 is 0 Å². The number of rotatable bonds is 4. The van der Waals surface area contributed by atoms with Crippen molar-refractivity contribution in [1.82, 2.24) is 5.32 Å². The van der Waals surface area contributed by atoms with Gasteiger partial charge in [-0.15, -0.1) is 0 Å². The van der Waals surface area contributed by atoms with E-state index in [-0.39, 0.29) is 7.43 Å². The fourth-order valence-electron chi connectivity index (χ4n) is 2.16. The molecule has 1 unspecified atom stereocenters. The highest BCUT2D eigenvalue weighted by molar-refractivity contribution is 6.30. The molecule has 2 rings (SSSR count). The summed E-state index contributed by atoms with van der Waals surface area (Å²) < 4.78 is 0. The van der Waals surface area contributed by atoms with Crippen LogP contribution < -0.4 is 5.32 Å². The van der Waals surface area contributed by atoms with Crippen molar-refractivity contribution in [2.75, 3.05) is 7.05 Å². The molecule has 2 aromatic carbocycles. The summed E-state index contributed by atoms with van der Waals surface area (Å²) in [6.07, 6.45) is 2.96. The average molecular weight is 318 g/mol. The Morgan fingerprint density at radius 2 is 1.82 bits per heavy atom. The van der Waals surface area contributed by atoms with Crippen LogP contribution in [0, 0.1) is 6.92 Å². The predicted octanol–water partition coefficient (Wildman–Crippen LogP) is 6.28. The Balaban J connectivity index is 0.000000385. The van der Waals surface area contributed by atoms with Gasteiger partial charge in [-0.2, -0.15) is 0 Å². The maximum absolute atomic E-state index is 5.74. The van der Waals surface area contributed by atoms with E-state index in [1.165, 1.54) is 11.1 Å². The molecule has 0 aliphatic carbocycles. The second-order valence-corrected chi connectivity index (χ2v) is 5.30. The zero-order chi connectivity index (χ0) is 15.7. The number of aryl methyl sites for hydroxylation is 1. The van der Waals surface area contributed by atoms with Gasteiger partial charge in [0.15, 0.2) is 0 Å². The van der Waals surface area contributed by atoms with Gasteiger partial charge in [0.05, 0.1) is 0 Å². The number of hydrogen-bond acceptors (Lipinski definition) is 1. The predicted molar refractivity (Wildman–Crippen MR) is 102 cm³/mol. The standard InChI is InChI=1S/C10H15N.C9H9Cl.CH4/c1-3-10(11-2)9-7-5-4-6-8-9;1-3-8-4-5-9(10)6-7(8)2;/h4-8,10-11H,3H2,1-2H3;3-6H,1H2,2H3;1H4. The van der Waals surface area contributed by atoms with E-state index in [4.69, 9.17) is 11.6 Å². The Morgan fingerprint density at radius 1 is 1.18 bits per heavy atom. The summed E-state index contributed by atoms with van der Waals surface area (Å²) in [6, 6.07) is 16.8. The third-order valence-electron chi connectivity index (χ3n) is 3.41. The Kier molecular flexibility index (Phi) is 10.3. The van der Waals surface area contributed by atoms with Crippen molar-refractivity contribution in [3.8, 4) is 0 Å². The van der Waals surface area contributed by atoms with Gasteiger partial charge in [0.2, 0.25) is 0 Å². The molecule has 0 aliphatic rings. The molecule has 1 N–H and O–H groups in total. The first-order chi connectivity index (χ1) is 10.1. The SMILES string of the molecule is C.C=Cc1ccc(Cl)cc1C.CCC(NC)c1ccccc1. The van der Waals surface area contributed by atoms with Crippen molar-refractivity contribution in [3.05, 3.63) is 76.8 Å². The lowest BCUT2D eigenvalue weighted by molar-refractivity contribution is 0.577. The monoisotopic (exact) mass is 317 g/mol. The summed E-state index contributed by atoms with van der Waals surface area (Å²) in [5.41, 5.74) is 3.68. The quantitative estimate of drug-likeness (QED) is 0.699. The number of nitrogens with one attached hydrogen (secondary N) is 1. The lowest BCUT2D eigenvalue weighted by Gasteiger charge is -2.13. The molecule has 0 bridgehead atoms. The van der Waals surface area contributed by atoms with Gasteiger partial charge in [0, 0.05) is 11.1 Å². The molecule has 2 heteroatoms. The maximum Gasteiger partial charge on any atom is 0.0409 e. The largest absolute Gasteiger partial charge is 0.313 e. The van der Waals surface area contributed by atoms with E-state index in [0.29, 0.717) is 6.04 Å². The molecule has 0 heterocycles. The summed E-state index contributed by atoms with van der Waals surface area (Å²) in [6.45, 7) is 7.88. The van der Waals surface area contributed by atoms with Crippen LogP contribution in [-0.4, -0.2) is 7.05 Å². The highest BCUT2D eigenvalue weighted by Crippen LogP contribution is 2.15. The summed E-state index contributed by atoms with van der Waals surface area (Å²) in [5.74, 6) is 0. The molecule has 0 saturated carbocycles. The number of hydrogen-bond donors (Lipinski definition) is 1. The molecule has 2 aromatic rings. The van der Waals surface area contributed by atoms with Gasteiger partial charge in [0.1, 0.15) is 0 Å². The lowest BCUT2D eigenvalue weighted by Crippen LogP contribution is -2.14. The Bertz CT molecular complexity index is 545. The van der Waals surface area contributed by atoms with Crippen molar-refractivity contribution in [3.63, 3.8) is 0 Å². The molecule has 1 nitrogen and oxygen atoms in total. The Labute approximate surface area is 141 Å². The van der Waals surface area contributed by atoms with Crippen molar-refractivity contribution < 1.29 is 0 Å². The van der Waals surface area contributed by atoms with E-state index >= 15 is 0 Å². The fraction of sp³-hybridized carbons (Fsp3) is 0.300. The summed E-state index contributed by atoms with van der Waals surface area (Å²) in [5, 5.41) is 4.05. The molecule has 0 radical (unpaired) electrons. The van der Waals surface area contributed by atoms with Crippen LogP contribution in [0.15, 0.2) is 55.1 Å². The molecule has 120 valence electrons. The van der Waals surface area contributed by atoms with Crippen LogP contribution >= 0.6 is 11.6 Å². The van der Waals surface area contributed by atoms with Crippen LogP contribution in [0.4, 0.5) is 0 Å². The first kappa shape index (κ1) is 20.4. The van der Waals surface area contributed by atoms with Crippen LogP contribution in [0.25, 0.3) is 6.08 Å². The molecule has 0 aliphatic heterocycles. The normalized spacial score (nSPS) is 10.7. The van der Waals surface area contributed by atoms with Gasteiger partial charge >= 0.3 is 0 Å². The summed E-state index contributed by atoms with van der Waals surface area (Å²) in [4.78, 5) is 0. The van der Waals surface area contributed by atoms with Gasteiger partial charge < -0.3 is 5.32 Å². The van der Waals surface area contributed by atoms with Gasteiger partial charge in [-0.1, -0.05) is 75.0 Å². The Morgan fingerprint density at radius 3 is 2.27 bits per heavy atom. The molecule has 0 spiro atoms. The molecular weight excluding hydrogens is 290 g/mol. The van der Waals surface area contributed by atoms with Crippen LogP contribution in [0.1, 0.15) is 43.5 Å². The zero-order valence-electron chi connectivity index (χ0n) is 13.1. The molecule has 0 saturated heterocycles. The van der Waals surface area contributed by atoms with Crippen molar-refractivity contribution in [2.24, 2.45) is 0 Å². The zero-order valence-corrected chi connectivity index (χ0v) is 13.8. The van der Waals surface area contributed by atoms with Crippen LogP contribution in [0.2, 0.25) is 5.02 Å². The minimum absolute atomic E-state index is 0. The third kappa shape index (κ3) is 6.46. The first-order valence-corrected chi connectivity index (χ1v) is 7.61. The van der Waals surface area contributed by atoms with Gasteiger partial charge in [-0.25, -0.2) is 0 Å². The molecular formula is C20H28ClN. The van der Waals surface area contributed by atoms with Gasteiger partial charge in [-0.05, 0) is 49.2 Å². The molecule has 1 atom stereocenters. The molecule has 22 heavy (non-hydrogen) atoms. The van der Waals surface area contributed by atoms with E-state index in [1.54, 1.807) is 0 Å². The second-order valence-electron chi connectivity index (χ2n) is 4.87. The second kappa shape index (κ2) is 11.1. The number of benzene rings is 2.